The summed E-state index contributed by atoms with van der Waals surface area (Å²) in [5.41, 5.74) is 0.427. The van der Waals surface area contributed by atoms with Crippen molar-refractivity contribution in [3.8, 4) is 0 Å². The summed E-state index contributed by atoms with van der Waals surface area (Å²) in [6, 6.07) is 4.11. The summed E-state index contributed by atoms with van der Waals surface area (Å²) in [6.45, 7) is 1.44. The summed E-state index contributed by atoms with van der Waals surface area (Å²) in [7, 11) is 1.86. The molecule has 0 unspecified atom stereocenters. The minimum Gasteiger partial charge on any atom is -0.352 e. The molecule has 0 saturated carbocycles. The number of halogens is 1. The van der Waals surface area contributed by atoms with Crippen molar-refractivity contribution >= 4 is 18.5 Å². The summed E-state index contributed by atoms with van der Waals surface area (Å²) >= 11 is 3.92. The number of hydrogen-bond donors (Lipinski definition) is 3. The van der Waals surface area contributed by atoms with E-state index in [2.05, 4.69) is 23.3 Å². The molecule has 0 radical (unpaired) electrons. The van der Waals surface area contributed by atoms with Crippen LogP contribution in [0.2, 0.25) is 0 Å². The van der Waals surface area contributed by atoms with Crippen molar-refractivity contribution in [3.05, 3.63) is 29.6 Å². The van der Waals surface area contributed by atoms with Gasteiger partial charge in [0, 0.05) is 17.0 Å². The third kappa shape index (κ3) is 3.83. The summed E-state index contributed by atoms with van der Waals surface area (Å²) in [4.78, 5) is 11.8. The quantitative estimate of drug-likeness (QED) is 0.540. The maximum absolute atomic E-state index is 12.9. The van der Waals surface area contributed by atoms with E-state index in [1.807, 2.05) is 7.05 Å². The topological polar surface area (TPSA) is 41.1 Å². The lowest BCUT2D eigenvalue weighted by Gasteiger charge is -2.05. The Morgan fingerprint density at radius 1 is 1.44 bits per heavy atom. The lowest BCUT2D eigenvalue weighted by molar-refractivity contribution is 0.0953. The molecule has 0 saturated heterocycles. The van der Waals surface area contributed by atoms with Crippen LogP contribution in [0.4, 0.5) is 4.39 Å². The minimum atomic E-state index is -0.421. The van der Waals surface area contributed by atoms with Crippen LogP contribution in [0, 0.1) is 5.82 Å². The van der Waals surface area contributed by atoms with E-state index < -0.39 is 5.82 Å². The highest BCUT2D eigenvalue weighted by atomic mass is 32.1. The van der Waals surface area contributed by atoms with Gasteiger partial charge in [-0.3, -0.25) is 4.79 Å². The first kappa shape index (κ1) is 13.0. The van der Waals surface area contributed by atoms with Crippen LogP contribution in [-0.4, -0.2) is 26.0 Å². The molecule has 0 heterocycles. The number of carbonyl (C=O) groups is 1. The fourth-order valence-corrected chi connectivity index (χ4v) is 1.44. The van der Waals surface area contributed by atoms with Gasteiger partial charge in [0.2, 0.25) is 0 Å². The van der Waals surface area contributed by atoms with Crippen LogP contribution in [0.5, 0.6) is 0 Å². The summed E-state index contributed by atoms with van der Waals surface area (Å²) in [5.74, 6) is -0.624. The molecule has 0 atom stereocenters. The molecule has 0 aromatic heterocycles. The first-order chi connectivity index (χ1) is 7.65. The Labute approximate surface area is 99.8 Å². The van der Waals surface area contributed by atoms with Crippen molar-refractivity contribution in [2.24, 2.45) is 0 Å². The van der Waals surface area contributed by atoms with Crippen molar-refractivity contribution in [1.29, 1.82) is 0 Å². The second-order valence-electron chi connectivity index (χ2n) is 3.38. The zero-order chi connectivity index (χ0) is 12.0. The molecule has 16 heavy (non-hydrogen) atoms. The Bertz CT molecular complexity index is 371. The van der Waals surface area contributed by atoms with Gasteiger partial charge in [0.05, 0.1) is 0 Å². The van der Waals surface area contributed by atoms with Crippen molar-refractivity contribution in [2.45, 2.75) is 11.3 Å². The lowest BCUT2D eigenvalue weighted by Crippen LogP contribution is -2.26. The molecule has 1 aromatic carbocycles. The van der Waals surface area contributed by atoms with Crippen LogP contribution in [0.25, 0.3) is 0 Å². The first-order valence-electron chi connectivity index (χ1n) is 5.06. The van der Waals surface area contributed by atoms with Crippen molar-refractivity contribution < 1.29 is 9.18 Å². The molecule has 0 fully saturated rings. The Kier molecular flexibility index (Phi) is 5.28. The molecule has 1 amide bonds. The molecule has 0 spiro atoms. The molecular formula is C11H15FN2OS. The molecule has 1 aromatic rings. The van der Waals surface area contributed by atoms with Gasteiger partial charge >= 0.3 is 0 Å². The van der Waals surface area contributed by atoms with Crippen LogP contribution in [0.15, 0.2) is 23.1 Å². The molecule has 5 heteroatoms. The highest BCUT2D eigenvalue weighted by Gasteiger charge is 2.06. The summed E-state index contributed by atoms with van der Waals surface area (Å²) in [6.07, 6.45) is 0.858. The Morgan fingerprint density at radius 2 is 2.19 bits per heavy atom. The molecule has 0 aliphatic carbocycles. The third-order valence-corrected chi connectivity index (χ3v) is 2.44. The normalized spacial score (nSPS) is 10.2. The van der Waals surface area contributed by atoms with E-state index in [1.54, 1.807) is 0 Å². The number of amides is 1. The monoisotopic (exact) mass is 242 g/mol. The average Bonchev–Trinajstić information content (AvgIpc) is 2.28. The van der Waals surface area contributed by atoms with E-state index in [0.717, 1.165) is 13.0 Å². The number of nitrogens with one attached hydrogen (secondary N) is 2. The number of thiol groups is 1. The lowest BCUT2D eigenvalue weighted by atomic mass is 10.2. The SMILES string of the molecule is CNCCCNC(=O)c1ccc(F)c(S)c1. The third-order valence-electron chi connectivity index (χ3n) is 2.10. The number of benzene rings is 1. The van der Waals surface area contributed by atoms with Crippen LogP contribution in [0.3, 0.4) is 0 Å². The number of hydrogen-bond acceptors (Lipinski definition) is 3. The zero-order valence-corrected chi connectivity index (χ0v) is 9.98. The van der Waals surface area contributed by atoms with Gasteiger partial charge in [-0.2, -0.15) is 0 Å². The Hall–Kier alpha value is -1.07. The van der Waals surface area contributed by atoms with E-state index in [1.165, 1.54) is 18.2 Å². The highest BCUT2D eigenvalue weighted by Crippen LogP contribution is 2.13. The van der Waals surface area contributed by atoms with Crippen molar-refractivity contribution in [1.82, 2.24) is 10.6 Å². The molecule has 2 N–H and O–H groups in total. The molecule has 0 aliphatic heterocycles. The van der Waals surface area contributed by atoms with E-state index in [9.17, 15) is 9.18 Å². The molecule has 0 aliphatic rings. The number of rotatable bonds is 5. The van der Waals surface area contributed by atoms with Crippen LogP contribution < -0.4 is 10.6 Å². The fourth-order valence-electron chi connectivity index (χ4n) is 1.22. The van der Waals surface area contributed by atoms with Gasteiger partial charge in [-0.1, -0.05) is 0 Å². The molecule has 0 bridgehead atoms. The maximum atomic E-state index is 12.9. The van der Waals surface area contributed by atoms with Gasteiger partial charge in [0.1, 0.15) is 5.82 Å². The van der Waals surface area contributed by atoms with Crippen molar-refractivity contribution in [2.75, 3.05) is 20.1 Å². The minimum absolute atomic E-state index is 0.183. The number of carbonyl (C=O) groups excluding carboxylic acids is 1. The summed E-state index contributed by atoms with van der Waals surface area (Å²) in [5, 5.41) is 5.73. The van der Waals surface area contributed by atoms with E-state index in [-0.39, 0.29) is 10.8 Å². The first-order valence-corrected chi connectivity index (χ1v) is 5.51. The van der Waals surface area contributed by atoms with Gasteiger partial charge in [-0.25, -0.2) is 4.39 Å². The Balaban J connectivity index is 2.50. The van der Waals surface area contributed by atoms with Gasteiger partial charge in [0.25, 0.3) is 5.91 Å². The van der Waals surface area contributed by atoms with Crippen LogP contribution in [0.1, 0.15) is 16.8 Å². The molecule has 88 valence electrons. The average molecular weight is 242 g/mol. The van der Waals surface area contributed by atoms with E-state index >= 15 is 0 Å². The largest absolute Gasteiger partial charge is 0.352 e. The predicted octanol–water partition coefficient (Wildman–Crippen LogP) is 1.45. The van der Waals surface area contributed by atoms with E-state index in [0.29, 0.717) is 12.1 Å². The molecule has 3 nitrogen and oxygen atoms in total. The smallest absolute Gasteiger partial charge is 0.251 e. The van der Waals surface area contributed by atoms with Gasteiger partial charge in [-0.15, -0.1) is 12.6 Å². The molecular weight excluding hydrogens is 227 g/mol. The van der Waals surface area contributed by atoms with Gasteiger partial charge < -0.3 is 10.6 Å². The second-order valence-corrected chi connectivity index (χ2v) is 3.86. The molecule has 1 rings (SSSR count). The maximum Gasteiger partial charge on any atom is 0.251 e. The zero-order valence-electron chi connectivity index (χ0n) is 9.09. The Morgan fingerprint density at radius 3 is 2.81 bits per heavy atom. The van der Waals surface area contributed by atoms with Crippen LogP contribution >= 0.6 is 12.6 Å². The second kappa shape index (κ2) is 6.50. The van der Waals surface area contributed by atoms with Gasteiger partial charge in [0.15, 0.2) is 0 Å². The van der Waals surface area contributed by atoms with Gasteiger partial charge in [-0.05, 0) is 38.2 Å². The predicted molar refractivity (Wildman–Crippen MR) is 64.5 cm³/mol. The standard InChI is InChI=1S/C11H15FN2OS/c1-13-5-2-6-14-11(15)8-3-4-9(12)10(16)7-8/h3-4,7,13,16H,2,5-6H2,1H3,(H,14,15). The van der Waals surface area contributed by atoms with Crippen molar-refractivity contribution in [3.63, 3.8) is 0 Å². The van der Waals surface area contributed by atoms with Crippen LogP contribution in [-0.2, 0) is 0 Å². The summed E-state index contributed by atoms with van der Waals surface area (Å²) < 4.78 is 12.9. The highest BCUT2D eigenvalue weighted by molar-refractivity contribution is 7.80. The van der Waals surface area contributed by atoms with E-state index in [4.69, 9.17) is 0 Å². The fraction of sp³-hybridized carbons (Fsp3) is 0.364.